The first kappa shape index (κ1) is 23.1. The fourth-order valence-corrected chi connectivity index (χ4v) is 4.08. The van der Waals surface area contributed by atoms with Crippen LogP contribution in [0.15, 0.2) is 30.3 Å². The van der Waals surface area contributed by atoms with E-state index in [9.17, 15) is 9.59 Å². The Morgan fingerprint density at radius 3 is 2.68 bits per heavy atom. The monoisotopic (exact) mass is 428 g/mol. The Balaban J connectivity index is 1.30. The molecule has 0 radical (unpaired) electrons. The minimum atomic E-state index is -0.463. The largest absolute Gasteiger partial charge is 0.444 e. The molecule has 170 valence electrons. The molecule has 2 amide bonds. The van der Waals surface area contributed by atoms with Crippen LogP contribution in [0.1, 0.15) is 50.5 Å². The van der Waals surface area contributed by atoms with Gasteiger partial charge in [-0.3, -0.25) is 4.79 Å². The van der Waals surface area contributed by atoms with Gasteiger partial charge in [0.1, 0.15) is 11.3 Å². The average Bonchev–Trinajstić information content (AvgIpc) is 3.29. The number of rotatable bonds is 8. The first-order valence-electron chi connectivity index (χ1n) is 11.2. The van der Waals surface area contributed by atoms with Crippen molar-refractivity contribution in [3.8, 4) is 0 Å². The van der Waals surface area contributed by atoms with Gasteiger partial charge < -0.3 is 24.8 Å². The van der Waals surface area contributed by atoms with Crippen LogP contribution in [0.25, 0.3) is 10.9 Å². The molecular weight excluding hydrogens is 392 g/mol. The van der Waals surface area contributed by atoms with Crippen LogP contribution in [-0.2, 0) is 11.8 Å². The summed E-state index contributed by atoms with van der Waals surface area (Å²) in [6.07, 6.45) is 2.75. The highest BCUT2D eigenvalue weighted by Gasteiger charge is 2.23. The highest BCUT2D eigenvalue weighted by Crippen LogP contribution is 2.18. The lowest BCUT2D eigenvalue weighted by atomic mass is 10.1. The Labute approximate surface area is 185 Å². The number of nitrogens with one attached hydrogen (secondary N) is 2. The molecule has 0 bridgehead atoms. The minimum absolute atomic E-state index is 0.0202. The van der Waals surface area contributed by atoms with Crippen LogP contribution in [0, 0.1) is 5.92 Å². The first-order chi connectivity index (χ1) is 14.7. The maximum atomic E-state index is 12.5. The quantitative estimate of drug-likeness (QED) is 0.631. The standard InChI is InChI=1S/C24H36N4O3/c1-24(2,3)31-23(30)26-16-18-11-14-28(17-18)13-8-7-12-25-22(29)21-15-19-9-5-6-10-20(19)27(21)4/h5-6,9-10,15,18H,7-8,11-14,16-17H2,1-4H3,(H,25,29)(H,26,30)/t18-/m1/s1. The van der Waals surface area contributed by atoms with Crippen LogP contribution in [0.5, 0.6) is 0 Å². The van der Waals surface area contributed by atoms with Crippen LogP contribution in [0.3, 0.4) is 0 Å². The molecule has 2 heterocycles. The fourth-order valence-electron chi connectivity index (χ4n) is 4.08. The highest BCUT2D eigenvalue weighted by molar-refractivity contribution is 5.98. The number of aromatic nitrogens is 1. The van der Waals surface area contributed by atoms with E-state index in [1.54, 1.807) is 0 Å². The van der Waals surface area contributed by atoms with E-state index in [0.29, 0.717) is 24.7 Å². The lowest BCUT2D eigenvalue weighted by Crippen LogP contribution is -2.36. The van der Waals surface area contributed by atoms with Crippen molar-refractivity contribution in [2.75, 3.05) is 32.7 Å². The van der Waals surface area contributed by atoms with Crippen molar-refractivity contribution in [3.63, 3.8) is 0 Å². The van der Waals surface area contributed by atoms with Gasteiger partial charge in [-0.2, -0.15) is 0 Å². The van der Waals surface area contributed by atoms with Crippen molar-refractivity contribution < 1.29 is 14.3 Å². The first-order valence-corrected chi connectivity index (χ1v) is 11.2. The van der Waals surface area contributed by atoms with Gasteiger partial charge in [0.2, 0.25) is 0 Å². The Hall–Kier alpha value is -2.54. The SMILES string of the molecule is Cn1c(C(=O)NCCCCN2CC[C@H](CNC(=O)OC(C)(C)C)C2)cc2ccccc21. The van der Waals surface area contributed by atoms with Gasteiger partial charge in [-0.15, -0.1) is 0 Å². The predicted molar refractivity (Wildman–Crippen MR) is 123 cm³/mol. The van der Waals surface area contributed by atoms with Crippen LogP contribution in [-0.4, -0.2) is 59.8 Å². The topological polar surface area (TPSA) is 75.6 Å². The second-order valence-electron chi connectivity index (χ2n) is 9.45. The van der Waals surface area contributed by atoms with Crippen LogP contribution in [0.4, 0.5) is 4.79 Å². The molecule has 1 fully saturated rings. The fraction of sp³-hybridized carbons (Fsp3) is 0.583. The van der Waals surface area contributed by atoms with E-state index < -0.39 is 5.60 Å². The third kappa shape index (κ3) is 6.72. The number of alkyl carbamates (subject to hydrolysis) is 1. The molecule has 0 saturated carbocycles. The summed E-state index contributed by atoms with van der Waals surface area (Å²) in [6.45, 7) is 10.0. The van der Waals surface area contributed by atoms with E-state index in [-0.39, 0.29) is 12.0 Å². The summed E-state index contributed by atoms with van der Waals surface area (Å²) in [7, 11) is 1.93. The van der Waals surface area contributed by atoms with E-state index in [4.69, 9.17) is 4.74 Å². The Kier molecular flexibility index (Phi) is 7.59. The Bertz CT molecular complexity index is 900. The number of unbranched alkanes of at least 4 members (excludes halogenated alkanes) is 1. The Morgan fingerprint density at radius 1 is 1.16 bits per heavy atom. The number of carbonyl (C=O) groups is 2. The number of amides is 2. The summed E-state index contributed by atoms with van der Waals surface area (Å²) in [5.41, 5.74) is 1.30. The number of likely N-dealkylation sites (tertiary alicyclic amines) is 1. The molecule has 7 nitrogen and oxygen atoms in total. The van der Waals surface area contributed by atoms with Crippen molar-refractivity contribution in [1.82, 2.24) is 20.1 Å². The lowest BCUT2D eigenvalue weighted by molar-refractivity contribution is 0.0519. The van der Waals surface area contributed by atoms with E-state index in [1.807, 2.05) is 62.7 Å². The van der Waals surface area contributed by atoms with E-state index in [2.05, 4.69) is 15.5 Å². The number of fused-ring (bicyclic) bond motifs is 1. The molecule has 1 aliphatic heterocycles. The van der Waals surface area contributed by atoms with Gasteiger partial charge in [0, 0.05) is 37.6 Å². The van der Waals surface area contributed by atoms with Crippen molar-refractivity contribution in [2.45, 2.75) is 45.6 Å². The molecular formula is C24H36N4O3. The summed E-state index contributed by atoms with van der Waals surface area (Å²) in [5.74, 6) is 0.451. The summed E-state index contributed by atoms with van der Waals surface area (Å²) in [5, 5.41) is 7.01. The molecule has 1 aromatic carbocycles. The molecule has 1 aliphatic rings. The van der Waals surface area contributed by atoms with Gasteiger partial charge in [0.15, 0.2) is 0 Å². The van der Waals surface area contributed by atoms with Gasteiger partial charge >= 0.3 is 6.09 Å². The Morgan fingerprint density at radius 2 is 1.94 bits per heavy atom. The van der Waals surface area contributed by atoms with E-state index in [0.717, 1.165) is 49.8 Å². The number of ether oxygens (including phenoxy) is 1. The molecule has 3 rings (SSSR count). The van der Waals surface area contributed by atoms with Gasteiger partial charge in [-0.25, -0.2) is 4.79 Å². The zero-order chi connectivity index (χ0) is 22.4. The van der Waals surface area contributed by atoms with Gasteiger partial charge in [0.05, 0.1) is 0 Å². The van der Waals surface area contributed by atoms with Crippen molar-refractivity contribution in [3.05, 3.63) is 36.0 Å². The van der Waals surface area contributed by atoms with Gasteiger partial charge in [-0.05, 0) is 71.2 Å². The number of nitrogens with zero attached hydrogens (tertiary/aromatic N) is 2. The maximum absolute atomic E-state index is 12.5. The van der Waals surface area contributed by atoms with E-state index in [1.165, 1.54) is 0 Å². The normalized spacial score (nSPS) is 17.1. The minimum Gasteiger partial charge on any atom is -0.444 e. The third-order valence-corrected chi connectivity index (χ3v) is 5.67. The third-order valence-electron chi connectivity index (χ3n) is 5.67. The number of para-hydroxylation sites is 1. The van der Waals surface area contributed by atoms with Gasteiger partial charge in [-0.1, -0.05) is 18.2 Å². The highest BCUT2D eigenvalue weighted by atomic mass is 16.6. The second-order valence-corrected chi connectivity index (χ2v) is 9.45. The average molecular weight is 429 g/mol. The van der Waals surface area contributed by atoms with Gasteiger partial charge in [0.25, 0.3) is 5.91 Å². The van der Waals surface area contributed by atoms with Crippen LogP contribution in [0.2, 0.25) is 0 Å². The lowest BCUT2D eigenvalue weighted by Gasteiger charge is -2.21. The predicted octanol–water partition coefficient (Wildman–Crippen LogP) is 3.53. The second kappa shape index (κ2) is 10.2. The van der Waals surface area contributed by atoms with Crippen LogP contribution >= 0.6 is 0 Å². The summed E-state index contributed by atoms with van der Waals surface area (Å²) >= 11 is 0. The van der Waals surface area contributed by atoms with E-state index >= 15 is 0 Å². The molecule has 31 heavy (non-hydrogen) atoms. The number of aryl methyl sites for hydroxylation is 1. The molecule has 1 saturated heterocycles. The molecule has 1 atom stereocenters. The van der Waals surface area contributed by atoms with Crippen molar-refractivity contribution in [2.24, 2.45) is 13.0 Å². The molecule has 0 unspecified atom stereocenters. The summed E-state index contributed by atoms with van der Waals surface area (Å²) in [4.78, 5) is 26.7. The number of hydrogen-bond donors (Lipinski definition) is 2. The number of hydrogen-bond acceptors (Lipinski definition) is 4. The molecule has 2 aromatic rings. The molecule has 1 aromatic heterocycles. The molecule has 0 spiro atoms. The molecule has 0 aliphatic carbocycles. The zero-order valence-electron chi connectivity index (χ0n) is 19.2. The molecule has 2 N–H and O–H groups in total. The summed E-state index contributed by atoms with van der Waals surface area (Å²) in [6, 6.07) is 9.97. The maximum Gasteiger partial charge on any atom is 0.407 e. The molecule has 7 heteroatoms. The summed E-state index contributed by atoms with van der Waals surface area (Å²) < 4.78 is 7.24. The van der Waals surface area contributed by atoms with Crippen molar-refractivity contribution >= 4 is 22.9 Å². The number of carbonyl (C=O) groups excluding carboxylic acids is 2. The number of benzene rings is 1. The van der Waals surface area contributed by atoms with Crippen LogP contribution < -0.4 is 10.6 Å². The zero-order valence-corrected chi connectivity index (χ0v) is 19.2. The van der Waals surface area contributed by atoms with Crippen molar-refractivity contribution in [1.29, 1.82) is 0 Å². The smallest absolute Gasteiger partial charge is 0.407 e.